The Kier molecular flexibility index (Phi) is 5.45. The van der Waals surface area contributed by atoms with Gasteiger partial charge in [0, 0.05) is 39.1 Å². The molecule has 1 spiro atoms. The molecule has 0 aromatic rings. The first-order valence-corrected chi connectivity index (χ1v) is 9.13. The molecule has 9 nitrogen and oxygen atoms in total. The number of carbonyl (C=O) groups excluding carboxylic acids is 4. The van der Waals surface area contributed by atoms with Gasteiger partial charge in [0.15, 0.2) is 0 Å². The van der Waals surface area contributed by atoms with Gasteiger partial charge >= 0.3 is 12.0 Å². The lowest BCUT2D eigenvalue weighted by Gasteiger charge is -2.32. The third-order valence-electron chi connectivity index (χ3n) is 5.35. The summed E-state index contributed by atoms with van der Waals surface area (Å²) >= 11 is 0. The summed E-state index contributed by atoms with van der Waals surface area (Å²) in [5.74, 6) is -1.04. The number of hydrogen-bond acceptors (Lipinski definition) is 6. The van der Waals surface area contributed by atoms with E-state index in [1.165, 1.54) is 0 Å². The van der Waals surface area contributed by atoms with Crippen LogP contribution in [-0.4, -0.2) is 78.6 Å². The van der Waals surface area contributed by atoms with E-state index >= 15 is 0 Å². The number of piperidine rings is 1. The van der Waals surface area contributed by atoms with E-state index in [-0.39, 0.29) is 30.2 Å². The maximum Gasteiger partial charge on any atom is 0.325 e. The van der Waals surface area contributed by atoms with E-state index in [1.807, 2.05) is 0 Å². The smallest absolute Gasteiger partial charge is 0.325 e. The second-order valence-electron chi connectivity index (χ2n) is 6.92. The van der Waals surface area contributed by atoms with Crippen LogP contribution in [-0.2, 0) is 23.9 Å². The number of hydrogen-bond donors (Lipinski definition) is 1. The first kappa shape index (κ1) is 18.6. The number of likely N-dealkylation sites (tertiary alicyclic amines) is 1. The molecule has 3 fully saturated rings. The number of imide groups is 1. The number of amides is 4. The lowest BCUT2D eigenvalue weighted by Crippen LogP contribution is -2.51. The molecule has 0 saturated carbocycles. The number of ether oxygens (including phenoxy) is 2. The van der Waals surface area contributed by atoms with Crippen LogP contribution in [0.4, 0.5) is 4.79 Å². The molecular formula is C17H25N3O6. The zero-order chi connectivity index (χ0) is 18.7. The third-order valence-corrected chi connectivity index (χ3v) is 5.35. The van der Waals surface area contributed by atoms with E-state index in [0.29, 0.717) is 58.6 Å². The molecule has 3 heterocycles. The van der Waals surface area contributed by atoms with E-state index in [2.05, 4.69) is 5.32 Å². The molecule has 9 heteroatoms. The maximum absolute atomic E-state index is 12.7. The van der Waals surface area contributed by atoms with E-state index in [0.717, 1.165) is 4.90 Å². The summed E-state index contributed by atoms with van der Waals surface area (Å²) in [6, 6.07) is -0.522. The Morgan fingerprint density at radius 2 is 1.88 bits per heavy atom. The first-order valence-electron chi connectivity index (χ1n) is 9.13. The van der Waals surface area contributed by atoms with Gasteiger partial charge in [0.1, 0.15) is 12.1 Å². The Balaban J connectivity index is 1.54. The van der Waals surface area contributed by atoms with E-state index in [4.69, 9.17) is 9.47 Å². The van der Waals surface area contributed by atoms with E-state index in [1.54, 1.807) is 11.8 Å². The summed E-state index contributed by atoms with van der Waals surface area (Å²) in [6.07, 6.45) is 1.92. The van der Waals surface area contributed by atoms with Crippen molar-refractivity contribution in [2.24, 2.45) is 5.92 Å². The van der Waals surface area contributed by atoms with E-state index < -0.39 is 11.6 Å². The normalized spacial score (nSPS) is 23.3. The summed E-state index contributed by atoms with van der Waals surface area (Å²) in [7, 11) is 0. The van der Waals surface area contributed by atoms with Crippen molar-refractivity contribution >= 4 is 23.8 Å². The zero-order valence-corrected chi connectivity index (χ0v) is 15.0. The summed E-state index contributed by atoms with van der Waals surface area (Å²) in [5.41, 5.74) is -0.924. The fourth-order valence-corrected chi connectivity index (χ4v) is 3.74. The molecule has 0 unspecified atom stereocenters. The Morgan fingerprint density at radius 3 is 2.50 bits per heavy atom. The van der Waals surface area contributed by atoms with Crippen molar-refractivity contribution in [1.82, 2.24) is 15.1 Å². The van der Waals surface area contributed by atoms with Crippen molar-refractivity contribution in [3.05, 3.63) is 0 Å². The van der Waals surface area contributed by atoms with Gasteiger partial charge in [-0.1, -0.05) is 0 Å². The van der Waals surface area contributed by atoms with Gasteiger partial charge in [-0.25, -0.2) is 4.79 Å². The monoisotopic (exact) mass is 367 g/mol. The molecule has 0 aromatic carbocycles. The SMILES string of the molecule is CCOC(=O)C1CCN(C(=O)CN2C(=O)NC3(CCOCC3)C2=O)CC1. The molecule has 4 amide bonds. The Morgan fingerprint density at radius 1 is 1.23 bits per heavy atom. The quantitative estimate of drug-likeness (QED) is 0.549. The van der Waals surface area contributed by atoms with Crippen LogP contribution in [0, 0.1) is 5.92 Å². The second kappa shape index (κ2) is 7.61. The van der Waals surface area contributed by atoms with Crippen molar-refractivity contribution in [3.8, 4) is 0 Å². The largest absolute Gasteiger partial charge is 0.466 e. The third kappa shape index (κ3) is 3.53. The number of carbonyl (C=O) groups is 4. The first-order chi connectivity index (χ1) is 12.5. The maximum atomic E-state index is 12.7. The van der Waals surface area contributed by atoms with Crippen LogP contribution in [0.15, 0.2) is 0 Å². The topological polar surface area (TPSA) is 105 Å². The van der Waals surface area contributed by atoms with Crippen LogP contribution >= 0.6 is 0 Å². The molecule has 0 aromatic heterocycles. The molecule has 3 rings (SSSR count). The highest BCUT2D eigenvalue weighted by Gasteiger charge is 2.52. The summed E-state index contributed by atoms with van der Waals surface area (Å²) in [6.45, 7) is 3.51. The van der Waals surface area contributed by atoms with Gasteiger partial charge in [-0.05, 0) is 19.8 Å². The van der Waals surface area contributed by atoms with Crippen molar-refractivity contribution in [3.63, 3.8) is 0 Å². The molecule has 1 N–H and O–H groups in total. The Hall–Kier alpha value is -2.16. The van der Waals surface area contributed by atoms with Gasteiger partial charge in [0.25, 0.3) is 5.91 Å². The second-order valence-corrected chi connectivity index (χ2v) is 6.92. The van der Waals surface area contributed by atoms with Crippen molar-refractivity contribution in [2.75, 3.05) is 39.5 Å². The van der Waals surface area contributed by atoms with Crippen LogP contribution < -0.4 is 5.32 Å². The average Bonchev–Trinajstić information content (AvgIpc) is 2.86. The van der Waals surface area contributed by atoms with Gasteiger partial charge in [-0.3, -0.25) is 19.3 Å². The summed E-state index contributed by atoms with van der Waals surface area (Å²) < 4.78 is 10.3. The molecule has 0 atom stereocenters. The van der Waals surface area contributed by atoms with Gasteiger partial charge in [0.2, 0.25) is 5.91 Å². The van der Waals surface area contributed by atoms with Crippen LogP contribution in [0.2, 0.25) is 0 Å². The van der Waals surface area contributed by atoms with Crippen LogP contribution in [0.1, 0.15) is 32.6 Å². The minimum Gasteiger partial charge on any atom is -0.466 e. The summed E-state index contributed by atoms with van der Waals surface area (Å²) in [5, 5.41) is 2.74. The number of urea groups is 1. The minimum atomic E-state index is -0.924. The zero-order valence-electron chi connectivity index (χ0n) is 15.0. The number of nitrogens with one attached hydrogen (secondary N) is 1. The fourth-order valence-electron chi connectivity index (χ4n) is 3.74. The van der Waals surface area contributed by atoms with Crippen molar-refractivity contribution in [1.29, 1.82) is 0 Å². The lowest BCUT2D eigenvalue weighted by molar-refractivity contribution is -0.151. The predicted octanol–water partition coefficient (Wildman–Crippen LogP) is -0.111. The highest BCUT2D eigenvalue weighted by Crippen LogP contribution is 2.28. The predicted molar refractivity (Wildman–Crippen MR) is 89.0 cm³/mol. The number of nitrogens with zero attached hydrogens (tertiary/aromatic N) is 2. The molecule has 26 heavy (non-hydrogen) atoms. The molecule has 0 bridgehead atoms. The van der Waals surface area contributed by atoms with Gasteiger partial charge in [-0.15, -0.1) is 0 Å². The lowest BCUT2D eigenvalue weighted by atomic mass is 9.90. The van der Waals surface area contributed by atoms with Crippen LogP contribution in [0.25, 0.3) is 0 Å². The van der Waals surface area contributed by atoms with Crippen molar-refractivity contribution < 1.29 is 28.7 Å². The van der Waals surface area contributed by atoms with Gasteiger partial charge in [0.05, 0.1) is 12.5 Å². The van der Waals surface area contributed by atoms with Gasteiger partial charge in [-0.2, -0.15) is 0 Å². The van der Waals surface area contributed by atoms with Crippen molar-refractivity contribution in [2.45, 2.75) is 38.1 Å². The van der Waals surface area contributed by atoms with Crippen LogP contribution in [0.5, 0.6) is 0 Å². The molecule has 3 saturated heterocycles. The Labute approximate surface area is 152 Å². The molecule has 3 aliphatic rings. The number of rotatable bonds is 4. The standard InChI is InChI=1S/C17H25N3O6/c1-2-26-14(22)12-3-7-19(8-4-12)13(21)11-20-15(23)17(18-16(20)24)5-9-25-10-6-17/h12H,2-11H2,1H3,(H,18,24). The highest BCUT2D eigenvalue weighted by atomic mass is 16.5. The molecule has 3 aliphatic heterocycles. The molecule has 0 radical (unpaired) electrons. The van der Waals surface area contributed by atoms with E-state index in [9.17, 15) is 19.2 Å². The molecular weight excluding hydrogens is 342 g/mol. The molecule has 0 aliphatic carbocycles. The number of esters is 1. The van der Waals surface area contributed by atoms with Gasteiger partial charge < -0.3 is 19.7 Å². The highest BCUT2D eigenvalue weighted by molar-refractivity contribution is 6.09. The molecule has 144 valence electrons. The van der Waals surface area contributed by atoms with Crippen LogP contribution in [0.3, 0.4) is 0 Å². The summed E-state index contributed by atoms with van der Waals surface area (Å²) in [4.78, 5) is 51.8. The fraction of sp³-hybridized carbons (Fsp3) is 0.765. The minimum absolute atomic E-state index is 0.193. The Bertz CT molecular complexity index is 593. The average molecular weight is 367 g/mol.